The van der Waals surface area contributed by atoms with Crippen LogP contribution in [0.3, 0.4) is 0 Å². The van der Waals surface area contributed by atoms with Crippen molar-refractivity contribution in [2.75, 3.05) is 36.5 Å². The van der Waals surface area contributed by atoms with Crippen LogP contribution in [-0.2, 0) is 10.3 Å². The molecule has 0 radical (unpaired) electrons. The third-order valence-electron chi connectivity index (χ3n) is 5.30. The first-order valence-corrected chi connectivity index (χ1v) is 11.4. The largest absolute Gasteiger partial charge is 0.386 e. The first-order valence-electron chi connectivity index (χ1n) is 10.2. The van der Waals surface area contributed by atoms with Crippen LogP contribution in [0.25, 0.3) is 21.6 Å². The number of aromatic amines is 1. The lowest BCUT2D eigenvalue weighted by Crippen LogP contribution is -2.37. The zero-order valence-corrected chi connectivity index (χ0v) is 19.2. The molecular weight excluding hydrogens is 450 g/mol. The van der Waals surface area contributed by atoms with Crippen molar-refractivity contribution >= 4 is 50.5 Å². The zero-order chi connectivity index (χ0) is 22.3. The van der Waals surface area contributed by atoms with E-state index in [9.17, 15) is 5.11 Å². The molecule has 4 aromatic rings. The molecule has 166 valence electrons. The van der Waals surface area contributed by atoms with Gasteiger partial charge in [0.25, 0.3) is 0 Å². The highest BCUT2D eigenvalue weighted by atomic mass is 35.5. The quantitative estimate of drug-likeness (QED) is 0.401. The average Bonchev–Trinajstić information content (AvgIpc) is 3.45. The summed E-state index contributed by atoms with van der Waals surface area (Å²) in [6.07, 6.45) is 1.69. The van der Waals surface area contributed by atoms with Crippen LogP contribution in [0, 0.1) is 0 Å². The van der Waals surface area contributed by atoms with Gasteiger partial charge < -0.3 is 20.1 Å². The number of rotatable bonds is 5. The number of morpholine rings is 1. The zero-order valence-electron chi connectivity index (χ0n) is 17.6. The Balaban J connectivity index is 1.47. The van der Waals surface area contributed by atoms with Gasteiger partial charge in [0.05, 0.1) is 41.2 Å². The van der Waals surface area contributed by atoms with Crippen molar-refractivity contribution in [3.8, 4) is 10.7 Å². The Morgan fingerprint density at radius 2 is 2.03 bits per heavy atom. The van der Waals surface area contributed by atoms with Crippen LogP contribution in [0.5, 0.6) is 0 Å². The Hall–Kier alpha value is -2.79. The molecule has 1 aliphatic rings. The molecule has 1 saturated heterocycles. The smallest absolute Gasteiger partial charge is 0.210 e. The van der Waals surface area contributed by atoms with Gasteiger partial charge in [0.1, 0.15) is 11.5 Å². The summed E-state index contributed by atoms with van der Waals surface area (Å²) in [5, 5.41) is 32.0. The van der Waals surface area contributed by atoms with Crippen molar-refractivity contribution in [3.63, 3.8) is 0 Å². The van der Waals surface area contributed by atoms with Gasteiger partial charge in [-0.25, -0.2) is 4.98 Å². The summed E-state index contributed by atoms with van der Waals surface area (Å²) in [6.45, 7) is 6.32. The molecule has 0 atom stereocenters. The monoisotopic (exact) mass is 471 g/mol. The Kier molecular flexibility index (Phi) is 5.46. The van der Waals surface area contributed by atoms with E-state index in [1.54, 1.807) is 20.0 Å². The second-order valence-electron chi connectivity index (χ2n) is 8.05. The summed E-state index contributed by atoms with van der Waals surface area (Å²) in [4.78, 5) is 6.97. The van der Waals surface area contributed by atoms with Gasteiger partial charge in [0.2, 0.25) is 5.13 Å². The third-order valence-corrected chi connectivity index (χ3v) is 6.57. The van der Waals surface area contributed by atoms with Gasteiger partial charge in [0.15, 0.2) is 5.01 Å². The number of aromatic nitrogens is 5. The molecule has 9 nitrogen and oxygen atoms in total. The molecule has 32 heavy (non-hydrogen) atoms. The van der Waals surface area contributed by atoms with E-state index < -0.39 is 5.60 Å². The lowest BCUT2D eigenvalue weighted by atomic mass is 9.98. The topological polar surface area (TPSA) is 112 Å². The van der Waals surface area contributed by atoms with E-state index in [4.69, 9.17) is 21.3 Å². The normalized spacial score (nSPS) is 14.8. The predicted molar refractivity (Wildman–Crippen MR) is 126 cm³/mol. The van der Waals surface area contributed by atoms with Crippen molar-refractivity contribution in [2.24, 2.45) is 0 Å². The van der Waals surface area contributed by atoms with Crippen LogP contribution in [0.4, 0.5) is 16.6 Å². The van der Waals surface area contributed by atoms with E-state index >= 15 is 0 Å². The van der Waals surface area contributed by atoms with Gasteiger partial charge in [0, 0.05) is 18.5 Å². The number of hydrogen-bond acceptors (Lipinski definition) is 9. The molecule has 11 heteroatoms. The molecule has 1 fully saturated rings. The van der Waals surface area contributed by atoms with E-state index in [-0.39, 0.29) is 0 Å². The van der Waals surface area contributed by atoms with Gasteiger partial charge in [-0.15, -0.1) is 10.2 Å². The highest BCUT2D eigenvalue weighted by molar-refractivity contribution is 7.18. The fourth-order valence-corrected chi connectivity index (χ4v) is 4.48. The second kappa shape index (κ2) is 8.28. The third kappa shape index (κ3) is 4.14. The first kappa shape index (κ1) is 21.1. The number of H-pyrrole nitrogens is 1. The van der Waals surface area contributed by atoms with Crippen LogP contribution in [0.15, 0.2) is 30.5 Å². The maximum atomic E-state index is 10.6. The number of nitrogens with zero attached hydrogens (tertiary/aromatic N) is 5. The van der Waals surface area contributed by atoms with E-state index in [2.05, 4.69) is 30.6 Å². The highest BCUT2D eigenvalue weighted by Gasteiger charge is 2.23. The molecule has 4 heterocycles. The van der Waals surface area contributed by atoms with Gasteiger partial charge >= 0.3 is 0 Å². The van der Waals surface area contributed by atoms with E-state index in [1.807, 2.05) is 24.3 Å². The van der Waals surface area contributed by atoms with E-state index in [1.165, 1.54) is 11.3 Å². The molecule has 3 N–H and O–H groups in total. The number of fused-ring (bicyclic) bond motifs is 1. The predicted octanol–water partition coefficient (Wildman–Crippen LogP) is 3.94. The van der Waals surface area contributed by atoms with Crippen molar-refractivity contribution in [3.05, 3.63) is 41.0 Å². The standard InChI is InChI=1S/C21H22ClN7O2S/c1-21(2,30)12-9-16(24-17(10-12)29-5-7-31-8-6-29)19-27-28-20(32-19)25-15-4-3-14-13(18(15)22)11-23-26-14/h3-4,9-11,30H,5-8H2,1-2H3,(H,23,26)(H,25,28). The summed E-state index contributed by atoms with van der Waals surface area (Å²) in [5.41, 5.74) is 1.99. The molecule has 0 spiro atoms. The highest BCUT2D eigenvalue weighted by Crippen LogP contribution is 2.35. The van der Waals surface area contributed by atoms with Crippen molar-refractivity contribution in [2.45, 2.75) is 19.4 Å². The molecule has 3 aromatic heterocycles. The number of nitrogens with one attached hydrogen (secondary N) is 2. The van der Waals surface area contributed by atoms with Gasteiger partial charge in [-0.3, -0.25) is 5.10 Å². The van der Waals surface area contributed by atoms with Gasteiger partial charge in [-0.05, 0) is 43.7 Å². The molecule has 0 aliphatic carbocycles. The van der Waals surface area contributed by atoms with E-state index in [0.717, 1.165) is 41.1 Å². The number of aliphatic hydroxyl groups is 1. The van der Waals surface area contributed by atoms with Crippen LogP contribution in [-0.4, -0.2) is 56.8 Å². The Morgan fingerprint density at radius 3 is 2.81 bits per heavy atom. The van der Waals surface area contributed by atoms with Crippen LogP contribution < -0.4 is 10.2 Å². The van der Waals surface area contributed by atoms with Gasteiger partial charge in [-0.2, -0.15) is 5.10 Å². The molecule has 0 amide bonds. The molecule has 0 saturated carbocycles. The Bertz CT molecular complexity index is 1260. The SMILES string of the molecule is CC(C)(O)c1cc(-c2nnc(Nc3ccc4[nH]ncc4c3Cl)s2)nc(N2CCOCC2)c1. The molecule has 0 bridgehead atoms. The number of pyridine rings is 1. The summed E-state index contributed by atoms with van der Waals surface area (Å²) in [6, 6.07) is 7.56. The maximum absolute atomic E-state index is 10.6. The van der Waals surface area contributed by atoms with Crippen molar-refractivity contribution in [1.29, 1.82) is 0 Å². The minimum absolute atomic E-state index is 0.560. The van der Waals surface area contributed by atoms with Crippen molar-refractivity contribution in [1.82, 2.24) is 25.4 Å². The van der Waals surface area contributed by atoms with Crippen molar-refractivity contribution < 1.29 is 9.84 Å². The Morgan fingerprint density at radius 1 is 1.22 bits per heavy atom. The summed E-state index contributed by atoms with van der Waals surface area (Å²) >= 11 is 7.88. The number of benzene rings is 1. The first-order chi connectivity index (χ1) is 15.4. The van der Waals surface area contributed by atoms with E-state index in [0.29, 0.717) is 34.1 Å². The number of hydrogen-bond donors (Lipinski definition) is 3. The lowest BCUT2D eigenvalue weighted by Gasteiger charge is -2.29. The molecule has 5 rings (SSSR count). The fraction of sp³-hybridized carbons (Fsp3) is 0.333. The second-order valence-corrected chi connectivity index (χ2v) is 9.41. The summed E-state index contributed by atoms with van der Waals surface area (Å²) in [5.74, 6) is 0.793. The Labute approximate surface area is 193 Å². The van der Waals surface area contributed by atoms with Crippen LogP contribution in [0.2, 0.25) is 5.02 Å². The molecular formula is C21H22ClN7O2S. The van der Waals surface area contributed by atoms with Crippen LogP contribution in [0.1, 0.15) is 19.4 Å². The lowest BCUT2D eigenvalue weighted by molar-refractivity contribution is 0.0785. The summed E-state index contributed by atoms with van der Waals surface area (Å²) in [7, 11) is 0. The molecule has 0 unspecified atom stereocenters. The molecule has 1 aromatic carbocycles. The summed E-state index contributed by atoms with van der Waals surface area (Å²) < 4.78 is 5.46. The maximum Gasteiger partial charge on any atom is 0.210 e. The number of ether oxygens (including phenoxy) is 1. The minimum Gasteiger partial charge on any atom is -0.386 e. The number of halogens is 1. The average molecular weight is 472 g/mol. The fourth-order valence-electron chi connectivity index (χ4n) is 3.51. The molecule has 1 aliphatic heterocycles. The number of anilines is 3. The minimum atomic E-state index is -1.02. The van der Waals surface area contributed by atoms with Crippen LogP contribution >= 0.6 is 22.9 Å². The van der Waals surface area contributed by atoms with Gasteiger partial charge in [-0.1, -0.05) is 22.9 Å².